The first-order valence-corrected chi connectivity index (χ1v) is 11.7. The first-order valence-electron chi connectivity index (χ1n) is 9.05. The van der Waals surface area contributed by atoms with Crippen LogP contribution in [-0.4, -0.2) is 26.7 Å². The molecule has 2 aromatic heterocycles. The van der Waals surface area contributed by atoms with Gasteiger partial charge in [0.15, 0.2) is 16.0 Å². The van der Waals surface area contributed by atoms with Gasteiger partial charge in [0.25, 0.3) is 0 Å². The molecule has 0 aliphatic rings. The molecule has 0 bridgehead atoms. The van der Waals surface area contributed by atoms with Gasteiger partial charge < -0.3 is 5.32 Å². The molecular weight excluding hydrogens is 453 g/mol. The first kappa shape index (κ1) is 21.1. The van der Waals surface area contributed by atoms with Gasteiger partial charge in [-0.25, -0.2) is 9.37 Å². The molecule has 0 fully saturated rings. The molecule has 0 saturated heterocycles. The van der Waals surface area contributed by atoms with E-state index in [1.54, 1.807) is 18.2 Å². The van der Waals surface area contributed by atoms with E-state index >= 15 is 0 Å². The molecule has 0 amide bonds. The number of aromatic nitrogens is 3. The highest BCUT2D eigenvalue weighted by Crippen LogP contribution is 2.31. The molecule has 2 aromatic carbocycles. The summed E-state index contributed by atoms with van der Waals surface area (Å²) in [7, 11) is 0. The average Bonchev–Trinajstić information content (AvgIpc) is 3.45. The molecule has 1 N–H and O–H groups in total. The normalized spacial score (nSPS) is 11.6. The van der Waals surface area contributed by atoms with Gasteiger partial charge in [-0.1, -0.05) is 65.6 Å². The summed E-state index contributed by atoms with van der Waals surface area (Å²) in [6.45, 7) is 0. The quantitative estimate of drug-likeness (QED) is 0.342. The van der Waals surface area contributed by atoms with Crippen molar-refractivity contribution in [3.63, 3.8) is 0 Å². The van der Waals surface area contributed by atoms with Gasteiger partial charge in [0.05, 0.1) is 23.2 Å². The fourth-order valence-electron chi connectivity index (χ4n) is 2.64. The van der Waals surface area contributed by atoms with E-state index in [0.29, 0.717) is 20.2 Å². The van der Waals surface area contributed by atoms with Gasteiger partial charge in [0.2, 0.25) is 5.13 Å². The summed E-state index contributed by atoms with van der Waals surface area (Å²) >= 11 is 3.70. The number of anilines is 2. The number of para-hydroxylation sites is 1. The summed E-state index contributed by atoms with van der Waals surface area (Å²) < 4.78 is 14.3. The van der Waals surface area contributed by atoms with E-state index in [1.807, 2.05) is 35.7 Å². The van der Waals surface area contributed by atoms with Gasteiger partial charge in [-0.2, -0.15) is 5.26 Å². The number of carbonyl (C=O) groups excluding carboxylic acids is 1. The smallest absolute Gasteiger partial charge is 0.210 e. The van der Waals surface area contributed by atoms with E-state index in [9.17, 15) is 14.4 Å². The van der Waals surface area contributed by atoms with Crippen molar-refractivity contribution in [1.29, 1.82) is 5.26 Å². The lowest BCUT2D eigenvalue weighted by molar-refractivity contribution is -0.116. The highest BCUT2D eigenvalue weighted by atomic mass is 32.2. The Bertz CT molecular complexity index is 1240. The zero-order chi connectivity index (χ0) is 21.6. The summed E-state index contributed by atoms with van der Waals surface area (Å²) in [4.78, 5) is 17.1. The number of thiazole rings is 1. The molecule has 2 heterocycles. The van der Waals surface area contributed by atoms with Crippen LogP contribution in [-0.2, 0) is 4.79 Å². The number of thioether (sulfide) groups is 1. The topological polar surface area (TPSA) is 91.6 Å². The number of hydrogen-bond donors (Lipinski definition) is 1. The number of hydrogen-bond acceptors (Lipinski definition) is 9. The van der Waals surface area contributed by atoms with Crippen LogP contribution in [0.2, 0.25) is 0 Å². The highest BCUT2D eigenvalue weighted by Gasteiger charge is 2.24. The average molecular weight is 468 g/mol. The Hall–Kier alpha value is -3.13. The molecule has 4 aromatic rings. The van der Waals surface area contributed by atoms with Gasteiger partial charge in [0.1, 0.15) is 10.8 Å². The van der Waals surface area contributed by atoms with Crippen molar-refractivity contribution in [2.24, 2.45) is 0 Å². The Morgan fingerprint density at radius 3 is 2.71 bits per heavy atom. The van der Waals surface area contributed by atoms with Crippen LogP contribution in [0.4, 0.5) is 15.2 Å². The van der Waals surface area contributed by atoms with Crippen molar-refractivity contribution >= 4 is 51.0 Å². The largest absolute Gasteiger partial charge is 0.328 e. The number of Topliss-reactive ketones (excluding diaryl/α,β-unsaturated/α-hetero) is 1. The molecule has 154 valence electrons. The molecule has 1 unspecified atom stereocenters. The molecule has 31 heavy (non-hydrogen) atoms. The fourth-order valence-corrected chi connectivity index (χ4v) is 5.20. The molecular formula is C21H14FN5OS3. The lowest BCUT2D eigenvalue weighted by atomic mass is 10.1. The minimum Gasteiger partial charge on any atom is -0.328 e. The number of ketones is 1. The minimum absolute atomic E-state index is 0.0623. The van der Waals surface area contributed by atoms with Crippen LogP contribution in [0.1, 0.15) is 10.9 Å². The number of nitrogens with one attached hydrogen (secondary N) is 1. The predicted molar refractivity (Wildman–Crippen MR) is 121 cm³/mol. The zero-order valence-corrected chi connectivity index (χ0v) is 18.3. The van der Waals surface area contributed by atoms with E-state index in [2.05, 4.69) is 26.6 Å². The third-order valence-corrected chi connectivity index (χ3v) is 7.05. The fraction of sp³-hybridized carbons (Fsp3) is 0.0952. The second kappa shape index (κ2) is 9.78. The Balaban J connectivity index is 1.38. The molecule has 0 radical (unpaired) electrons. The van der Waals surface area contributed by atoms with Gasteiger partial charge in [-0.15, -0.1) is 21.5 Å². The second-order valence-electron chi connectivity index (χ2n) is 6.23. The predicted octanol–water partition coefficient (Wildman–Crippen LogP) is 5.51. The molecule has 0 aliphatic carbocycles. The van der Waals surface area contributed by atoms with Crippen LogP contribution < -0.4 is 5.32 Å². The molecule has 1 atom stereocenters. The van der Waals surface area contributed by atoms with Crippen molar-refractivity contribution in [3.8, 4) is 17.3 Å². The first-order chi connectivity index (χ1) is 15.1. The highest BCUT2D eigenvalue weighted by molar-refractivity contribution is 8.01. The summed E-state index contributed by atoms with van der Waals surface area (Å²) in [5, 5.41) is 23.1. The Kier molecular flexibility index (Phi) is 6.66. The van der Waals surface area contributed by atoms with E-state index < -0.39 is 11.7 Å². The molecule has 6 nitrogen and oxygen atoms in total. The molecule has 0 spiro atoms. The maximum Gasteiger partial charge on any atom is 0.210 e. The van der Waals surface area contributed by atoms with Gasteiger partial charge in [-0.3, -0.25) is 4.79 Å². The molecule has 0 aliphatic heterocycles. The Morgan fingerprint density at radius 2 is 1.94 bits per heavy atom. The number of nitrogens with zero attached hydrogens (tertiary/aromatic N) is 4. The zero-order valence-electron chi connectivity index (χ0n) is 15.9. The monoisotopic (exact) mass is 467 g/mol. The number of halogens is 1. The summed E-state index contributed by atoms with van der Waals surface area (Å²) in [5.41, 5.74) is 1.98. The van der Waals surface area contributed by atoms with Crippen molar-refractivity contribution in [2.45, 2.75) is 10.3 Å². The minimum atomic E-state index is -0.932. The maximum atomic E-state index is 13.7. The Morgan fingerprint density at radius 1 is 1.16 bits per heavy atom. The van der Waals surface area contributed by atoms with E-state index in [4.69, 9.17) is 0 Å². The van der Waals surface area contributed by atoms with Crippen LogP contribution in [0.15, 0.2) is 64.3 Å². The van der Waals surface area contributed by atoms with Crippen LogP contribution in [0, 0.1) is 17.1 Å². The molecule has 0 saturated carbocycles. The van der Waals surface area contributed by atoms with Gasteiger partial charge in [-0.05, 0) is 12.1 Å². The van der Waals surface area contributed by atoms with E-state index in [0.717, 1.165) is 11.3 Å². The molecule has 4 rings (SSSR count). The maximum absolute atomic E-state index is 13.7. The van der Waals surface area contributed by atoms with E-state index in [-0.39, 0.29) is 11.5 Å². The number of rotatable bonds is 8. The van der Waals surface area contributed by atoms with Crippen LogP contribution >= 0.6 is 34.4 Å². The number of nitriles is 1. The van der Waals surface area contributed by atoms with Crippen LogP contribution in [0.25, 0.3) is 11.3 Å². The lowest BCUT2D eigenvalue weighted by Gasteiger charge is -2.03. The summed E-state index contributed by atoms with van der Waals surface area (Å²) in [6, 6.07) is 17.9. The summed E-state index contributed by atoms with van der Waals surface area (Å²) in [5.74, 6) is -1.51. The summed E-state index contributed by atoms with van der Waals surface area (Å²) in [6.07, 6.45) is 0. The van der Waals surface area contributed by atoms with Gasteiger partial charge in [0, 0.05) is 10.9 Å². The van der Waals surface area contributed by atoms with E-state index in [1.165, 1.54) is 40.5 Å². The second-order valence-corrected chi connectivity index (χ2v) is 9.32. The van der Waals surface area contributed by atoms with Crippen LogP contribution in [0.5, 0.6) is 0 Å². The molecule has 10 heteroatoms. The van der Waals surface area contributed by atoms with Crippen molar-refractivity contribution in [2.75, 3.05) is 11.1 Å². The van der Waals surface area contributed by atoms with Crippen molar-refractivity contribution in [1.82, 2.24) is 15.2 Å². The number of benzene rings is 2. The van der Waals surface area contributed by atoms with Crippen LogP contribution in [0.3, 0.4) is 0 Å². The third-order valence-electron chi connectivity index (χ3n) is 4.15. The van der Waals surface area contributed by atoms with Crippen molar-refractivity contribution in [3.05, 3.63) is 70.8 Å². The third kappa shape index (κ3) is 5.14. The number of carbonyl (C=O) groups is 1. The SMILES string of the molecule is N#CC(C(=O)CSc1nnc(Nc2ccccc2F)s1)c1nc(-c2ccccc2)cs1. The van der Waals surface area contributed by atoms with Crippen molar-refractivity contribution < 1.29 is 9.18 Å². The Labute approximate surface area is 189 Å². The van der Waals surface area contributed by atoms with Gasteiger partial charge >= 0.3 is 0 Å². The lowest BCUT2D eigenvalue weighted by Crippen LogP contribution is -2.13. The standard InChI is InChI=1S/C21H14FN5OS3/c22-15-8-4-5-9-16(15)25-20-26-27-21(31-20)30-12-18(28)14(10-23)19-24-17(11-29-19)13-6-2-1-3-7-13/h1-9,11,14H,12H2,(H,25,26).